The van der Waals surface area contributed by atoms with Crippen LogP contribution in [0.3, 0.4) is 0 Å². The Morgan fingerprint density at radius 2 is 1.73 bits per heavy atom. The zero-order valence-corrected chi connectivity index (χ0v) is 6.60. The lowest BCUT2D eigenvalue weighted by molar-refractivity contribution is 0.493. The highest BCUT2D eigenvalue weighted by Crippen LogP contribution is 2.52. The second-order valence-corrected chi connectivity index (χ2v) is 3.67. The number of benzene rings is 1. The van der Waals surface area contributed by atoms with Crippen molar-refractivity contribution < 1.29 is 13.0 Å². The summed E-state index contributed by atoms with van der Waals surface area (Å²) < 4.78 is 34.0. The molecule has 0 atom stereocenters. The standard InChI is InChI=1S/C7H7F2OP/c8-11(9,10)6-7-4-2-1-3-5-7/h1-5H,6H2. The Bertz CT molecular complexity index is 267. The fourth-order valence-electron chi connectivity index (χ4n) is 0.796. The van der Waals surface area contributed by atoms with Crippen LogP contribution in [-0.2, 0) is 10.7 Å². The summed E-state index contributed by atoms with van der Waals surface area (Å²) in [4.78, 5) is 0. The SMILES string of the molecule is O=P(F)(F)Cc1ccccc1. The third-order valence-corrected chi connectivity index (χ3v) is 1.94. The van der Waals surface area contributed by atoms with Crippen LogP contribution in [0, 0.1) is 0 Å². The molecule has 0 aromatic heterocycles. The number of hydrogen-bond acceptors (Lipinski definition) is 1. The minimum absolute atomic E-state index is 0.417. The van der Waals surface area contributed by atoms with E-state index in [-0.39, 0.29) is 0 Å². The number of hydrogen-bond donors (Lipinski definition) is 0. The predicted octanol–water partition coefficient (Wildman–Crippen LogP) is 3.32. The summed E-state index contributed by atoms with van der Waals surface area (Å²) in [5.74, 6) is 0. The van der Waals surface area contributed by atoms with Crippen LogP contribution in [0.1, 0.15) is 5.56 Å². The van der Waals surface area contributed by atoms with Crippen LogP contribution in [0.15, 0.2) is 30.3 Å². The summed E-state index contributed by atoms with van der Waals surface area (Å²) in [6.07, 6.45) is -0.617. The largest absolute Gasteiger partial charge is 0.407 e. The molecule has 0 amide bonds. The zero-order chi connectivity index (χ0) is 8.32. The average Bonchev–Trinajstić information content (AvgIpc) is 1.85. The highest BCUT2D eigenvalue weighted by molar-refractivity contribution is 7.52. The van der Waals surface area contributed by atoms with Crippen molar-refractivity contribution in [3.8, 4) is 0 Å². The molecular formula is C7H7F2OP. The van der Waals surface area contributed by atoms with Crippen molar-refractivity contribution in [2.45, 2.75) is 6.16 Å². The summed E-state index contributed by atoms with van der Waals surface area (Å²) in [6.45, 7) is 0. The molecule has 0 saturated heterocycles. The lowest BCUT2D eigenvalue weighted by Gasteiger charge is -1.97. The molecule has 0 heterocycles. The maximum Gasteiger partial charge on any atom is 0.407 e. The molecule has 0 aliphatic heterocycles. The fraction of sp³-hybridized carbons (Fsp3) is 0.143. The predicted molar refractivity (Wildman–Crippen MR) is 40.0 cm³/mol. The molecular weight excluding hydrogens is 169 g/mol. The topological polar surface area (TPSA) is 17.1 Å². The van der Waals surface area contributed by atoms with Gasteiger partial charge in [-0.25, -0.2) is 4.57 Å². The van der Waals surface area contributed by atoms with E-state index in [0.29, 0.717) is 5.56 Å². The summed E-state index contributed by atoms with van der Waals surface area (Å²) in [5.41, 5.74) is 0.417. The van der Waals surface area contributed by atoms with Crippen LogP contribution in [-0.4, -0.2) is 0 Å². The van der Waals surface area contributed by atoms with E-state index in [0.717, 1.165) is 0 Å². The molecule has 60 valence electrons. The first-order valence-electron chi connectivity index (χ1n) is 3.10. The molecule has 0 unspecified atom stereocenters. The maximum absolute atomic E-state index is 12.0. The van der Waals surface area contributed by atoms with Crippen LogP contribution in [0.2, 0.25) is 0 Å². The van der Waals surface area contributed by atoms with E-state index in [9.17, 15) is 13.0 Å². The van der Waals surface area contributed by atoms with Crippen LogP contribution in [0.25, 0.3) is 0 Å². The second kappa shape index (κ2) is 3.14. The van der Waals surface area contributed by atoms with Gasteiger partial charge in [0.25, 0.3) is 0 Å². The molecule has 0 radical (unpaired) electrons. The minimum atomic E-state index is -4.89. The number of halogens is 2. The third-order valence-electron chi connectivity index (χ3n) is 1.21. The summed E-state index contributed by atoms with van der Waals surface area (Å²) in [6, 6.07) is 8.08. The second-order valence-electron chi connectivity index (χ2n) is 2.21. The summed E-state index contributed by atoms with van der Waals surface area (Å²) >= 11 is 0. The van der Waals surface area contributed by atoms with Gasteiger partial charge in [-0.3, -0.25) is 0 Å². The first-order valence-corrected chi connectivity index (χ1v) is 4.77. The van der Waals surface area contributed by atoms with Crippen molar-refractivity contribution in [1.29, 1.82) is 0 Å². The van der Waals surface area contributed by atoms with E-state index < -0.39 is 13.9 Å². The molecule has 0 saturated carbocycles. The van der Waals surface area contributed by atoms with Crippen LogP contribution in [0.5, 0.6) is 0 Å². The molecule has 1 rings (SSSR count). The van der Waals surface area contributed by atoms with Gasteiger partial charge < -0.3 is 0 Å². The van der Waals surface area contributed by atoms with E-state index in [2.05, 4.69) is 0 Å². The molecule has 0 N–H and O–H groups in total. The zero-order valence-electron chi connectivity index (χ0n) is 5.71. The van der Waals surface area contributed by atoms with E-state index in [1.54, 1.807) is 18.2 Å². The van der Waals surface area contributed by atoms with Crippen LogP contribution in [0.4, 0.5) is 8.39 Å². The monoisotopic (exact) mass is 176 g/mol. The number of rotatable bonds is 2. The van der Waals surface area contributed by atoms with Gasteiger partial charge in [0, 0.05) is 0 Å². The molecule has 1 aromatic rings. The van der Waals surface area contributed by atoms with Gasteiger partial charge in [0.15, 0.2) is 0 Å². The van der Waals surface area contributed by atoms with Gasteiger partial charge in [-0.15, -0.1) is 0 Å². The average molecular weight is 176 g/mol. The Labute approximate surface area is 63.7 Å². The highest BCUT2D eigenvalue weighted by atomic mass is 31.2. The maximum atomic E-state index is 12.0. The Hall–Kier alpha value is -0.690. The molecule has 4 heteroatoms. The van der Waals surface area contributed by atoms with Crippen LogP contribution < -0.4 is 0 Å². The smallest absolute Gasteiger partial charge is 0.250 e. The van der Waals surface area contributed by atoms with E-state index in [1.165, 1.54) is 12.1 Å². The van der Waals surface area contributed by atoms with Crippen molar-refractivity contribution >= 4 is 7.76 Å². The van der Waals surface area contributed by atoms with Gasteiger partial charge in [-0.1, -0.05) is 30.3 Å². The Morgan fingerprint density at radius 3 is 2.18 bits per heavy atom. The van der Waals surface area contributed by atoms with Gasteiger partial charge >= 0.3 is 7.76 Å². The third kappa shape index (κ3) is 3.28. The molecule has 0 aliphatic rings. The normalized spacial score (nSPS) is 11.5. The van der Waals surface area contributed by atoms with Gasteiger partial charge in [0.2, 0.25) is 0 Å². The summed E-state index contributed by atoms with van der Waals surface area (Å²) in [5, 5.41) is 0. The van der Waals surface area contributed by atoms with Crippen molar-refractivity contribution in [2.75, 3.05) is 0 Å². The fourth-order valence-corrected chi connectivity index (χ4v) is 1.43. The molecule has 0 aliphatic carbocycles. The summed E-state index contributed by atoms with van der Waals surface area (Å²) in [7, 11) is -4.89. The lowest BCUT2D eigenvalue weighted by Crippen LogP contribution is -1.78. The first kappa shape index (κ1) is 8.41. The van der Waals surface area contributed by atoms with Crippen molar-refractivity contribution in [1.82, 2.24) is 0 Å². The molecule has 11 heavy (non-hydrogen) atoms. The van der Waals surface area contributed by atoms with Crippen molar-refractivity contribution in [3.63, 3.8) is 0 Å². The minimum Gasteiger partial charge on any atom is -0.250 e. The molecule has 0 fully saturated rings. The quantitative estimate of drug-likeness (QED) is 0.631. The first-order chi connectivity index (χ1) is 5.08. The highest BCUT2D eigenvalue weighted by Gasteiger charge is 2.18. The molecule has 1 nitrogen and oxygen atoms in total. The van der Waals surface area contributed by atoms with Crippen molar-refractivity contribution in [3.05, 3.63) is 35.9 Å². The van der Waals surface area contributed by atoms with E-state index in [1.807, 2.05) is 0 Å². The molecule has 0 bridgehead atoms. The lowest BCUT2D eigenvalue weighted by atomic mass is 10.2. The molecule has 1 aromatic carbocycles. The van der Waals surface area contributed by atoms with E-state index >= 15 is 0 Å². The van der Waals surface area contributed by atoms with Crippen LogP contribution >= 0.6 is 7.76 Å². The van der Waals surface area contributed by atoms with Gasteiger partial charge in [-0.2, -0.15) is 8.39 Å². The van der Waals surface area contributed by atoms with E-state index in [4.69, 9.17) is 0 Å². The van der Waals surface area contributed by atoms with Crippen molar-refractivity contribution in [2.24, 2.45) is 0 Å². The molecule has 0 spiro atoms. The van der Waals surface area contributed by atoms with Gasteiger partial charge in [0.05, 0.1) is 6.16 Å². The Kier molecular flexibility index (Phi) is 2.40. The Morgan fingerprint density at radius 1 is 1.18 bits per heavy atom. The van der Waals surface area contributed by atoms with Gasteiger partial charge in [0.1, 0.15) is 0 Å². The Balaban J connectivity index is 2.74. The van der Waals surface area contributed by atoms with Gasteiger partial charge in [-0.05, 0) is 5.56 Å².